The largest absolute Gasteiger partial charge is 0.480 e. The number of amides is 1. The first-order valence-corrected chi connectivity index (χ1v) is 10.1. The quantitative estimate of drug-likeness (QED) is 0.810. The van der Waals surface area contributed by atoms with E-state index in [2.05, 4.69) is 5.32 Å². The monoisotopic (exact) mass is 373 g/mol. The molecule has 0 unspecified atom stereocenters. The van der Waals surface area contributed by atoms with Crippen LogP contribution in [0.25, 0.3) is 0 Å². The molecular formula is C19H19NO3S2. The van der Waals surface area contributed by atoms with Gasteiger partial charge in [0.25, 0.3) is 5.91 Å². The molecule has 1 saturated heterocycles. The Morgan fingerprint density at radius 2 is 1.68 bits per heavy atom. The third-order valence-electron chi connectivity index (χ3n) is 3.95. The number of carbonyl (C=O) groups excluding carboxylic acids is 1. The molecule has 0 aromatic heterocycles. The molecule has 130 valence electrons. The van der Waals surface area contributed by atoms with E-state index in [4.69, 9.17) is 0 Å². The third kappa shape index (κ3) is 4.80. The van der Waals surface area contributed by atoms with Gasteiger partial charge in [-0.3, -0.25) is 4.79 Å². The van der Waals surface area contributed by atoms with Crippen molar-refractivity contribution in [2.24, 2.45) is 0 Å². The average Bonchev–Trinajstić information content (AvgIpc) is 3.16. The van der Waals surface area contributed by atoms with Crippen molar-refractivity contribution in [3.8, 4) is 0 Å². The van der Waals surface area contributed by atoms with Gasteiger partial charge in [-0.1, -0.05) is 42.5 Å². The van der Waals surface area contributed by atoms with Crippen molar-refractivity contribution >= 4 is 35.4 Å². The van der Waals surface area contributed by atoms with E-state index in [-0.39, 0.29) is 12.3 Å². The summed E-state index contributed by atoms with van der Waals surface area (Å²) in [4.78, 5) is 23.9. The zero-order valence-electron chi connectivity index (χ0n) is 13.6. The van der Waals surface area contributed by atoms with E-state index in [9.17, 15) is 14.7 Å². The fourth-order valence-corrected chi connectivity index (χ4v) is 5.49. The van der Waals surface area contributed by atoms with Crippen LogP contribution in [0, 0.1) is 0 Å². The topological polar surface area (TPSA) is 66.4 Å². The fourth-order valence-electron chi connectivity index (χ4n) is 2.63. The maximum atomic E-state index is 12.4. The maximum absolute atomic E-state index is 12.4. The van der Waals surface area contributed by atoms with E-state index in [1.54, 1.807) is 12.1 Å². The number of hydrogen-bond donors (Lipinski definition) is 2. The second kappa shape index (κ2) is 8.45. The van der Waals surface area contributed by atoms with Crippen LogP contribution in [0.5, 0.6) is 0 Å². The highest BCUT2D eigenvalue weighted by atomic mass is 32.2. The number of carbonyl (C=O) groups is 2. The molecule has 1 heterocycles. The van der Waals surface area contributed by atoms with E-state index in [0.29, 0.717) is 10.1 Å². The van der Waals surface area contributed by atoms with E-state index in [1.165, 1.54) is 5.56 Å². The lowest BCUT2D eigenvalue weighted by molar-refractivity contribution is -0.139. The summed E-state index contributed by atoms with van der Waals surface area (Å²) < 4.78 is 0.432. The van der Waals surface area contributed by atoms with Gasteiger partial charge in [0.1, 0.15) is 6.04 Å². The van der Waals surface area contributed by atoms with Crippen molar-refractivity contribution in [1.29, 1.82) is 0 Å². The summed E-state index contributed by atoms with van der Waals surface area (Å²) in [6.45, 7) is 0. The van der Waals surface area contributed by atoms with Crippen LogP contribution in [0.2, 0.25) is 0 Å². The van der Waals surface area contributed by atoms with Gasteiger partial charge >= 0.3 is 5.97 Å². The fraction of sp³-hybridized carbons (Fsp3) is 0.263. The predicted molar refractivity (Wildman–Crippen MR) is 103 cm³/mol. The second-order valence-corrected chi connectivity index (χ2v) is 8.47. The summed E-state index contributed by atoms with van der Waals surface area (Å²) in [5.74, 6) is 0.906. The Balaban J connectivity index is 1.65. The number of thioether (sulfide) groups is 2. The maximum Gasteiger partial charge on any atom is 0.326 e. The first-order chi connectivity index (χ1) is 12.1. The number of hydrogen-bond acceptors (Lipinski definition) is 4. The van der Waals surface area contributed by atoms with Crippen molar-refractivity contribution in [2.45, 2.75) is 17.0 Å². The van der Waals surface area contributed by atoms with Crippen LogP contribution < -0.4 is 5.32 Å². The van der Waals surface area contributed by atoms with Gasteiger partial charge in [0, 0.05) is 23.5 Å². The van der Waals surface area contributed by atoms with Crippen LogP contribution in [0.4, 0.5) is 0 Å². The summed E-state index contributed by atoms with van der Waals surface area (Å²) in [5, 5.41) is 12.0. The Morgan fingerprint density at radius 1 is 1.04 bits per heavy atom. The SMILES string of the molecule is O=C(N[C@@H](Cc1ccccc1)C(=O)O)c1ccc(C2SCCS2)cc1. The Morgan fingerprint density at radius 3 is 2.28 bits per heavy atom. The lowest BCUT2D eigenvalue weighted by Crippen LogP contribution is -2.42. The highest BCUT2D eigenvalue weighted by Gasteiger charge is 2.22. The highest BCUT2D eigenvalue weighted by molar-refractivity contribution is 8.19. The van der Waals surface area contributed by atoms with Gasteiger partial charge in [-0.05, 0) is 23.3 Å². The predicted octanol–water partition coefficient (Wildman–Crippen LogP) is 3.59. The van der Waals surface area contributed by atoms with E-state index >= 15 is 0 Å². The normalized spacial score (nSPS) is 15.7. The van der Waals surface area contributed by atoms with Crippen molar-refractivity contribution in [1.82, 2.24) is 5.32 Å². The van der Waals surface area contributed by atoms with Gasteiger partial charge in [-0.15, -0.1) is 23.5 Å². The number of nitrogens with one attached hydrogen (secondary N) is 1. The van der Waals surface area contributed by atoms with E-state index in [1.807, 2.05) is 66.0 Å². The van der Waals surface area contributed by atoms with Crippen LogP contribution in [-0.2, 0) is 11.2 Å². The number of carboxylic acids is 1. The summed E-state index contributed by atoms with van der Waals surface area (Å²) >= 11 is 3.82. The molecule has 0 saturated carbocycles. The second-order valence-electron chi connectivity index (χ2n) is 5.75. The molecule has 1 amide bonds. The van der Waals surface area contributed by atoms with Crippen LogP contribution in [-0.4, -0.2) is 34.5 Å². The molecule has 0 aliphatic carbocycles. The van der Waals surface area contributed by atoms with Crippen molar-refractivity contribution < 1.29 is 14.7 Å². The molecule has 6 heteroatoms. The molecule has 0 spiro atoms. The molecule has 2 N–H and O–H groups in total. The number of rotatable bonds is 6. The molecule has 0 radical (unpaired) electrons. The summed E-state index contributed by atoms with van der Waals surface area (Å²) in [6.07, 6.45) is 0.259. The van der Waals surface area contributed by atoms with Gasteiger partial charge in [-0.2, -0.15) is 0 Å². The molecule has 1 atom stereocenters. The molecule has 25 heavy (non-hydrogen) atoms. The zero-order chi connectivity index (χ0) is 17.6. The van der Waals surface area contributed by atoms with Gasteiger partial charge in [0.05, 0.1) is 4.58 Å². The summed E-state index contributed by atoms with van der Waals surface area (Å²) in [5.41, 5.74) is 2.56. The lowest BCUT2D eigenvalue weighted by Gasteiger charge is -2.15. The smallest absolute Gasteiger partial charge is 0.326 e. The average molecular weight is 373 g/mol. The first-order valence-electron chi connectivity index (χ1n) is 8.04. The van der Waals surface area contributed by atoms with Gasteiger partial charge in [0.2, 0.25) is 0 Å². The van der Waals surface area contributed by atoms with E-state index in [0.717, 1.165) is 17.1 Å². The van der Waals surface area contributed by atoms with Gasteiger partial charge < -0.3 is 10.4 Å². The van der Waals surface area contributed by atoms with Crippen molar-refractivity contribution in [3.63, 3.8) is 0 Å². The molecule has 0 bridgehead atoms. The summed E-state index contributed by atoms with van der Waals surface area (Å²) in [6, 6.07) is 15.8. The molecule has 3 rings (SSSR count). The molecule has 4 nitrogen and oxygen atoms in total. The standard InChI is InChI=1S/C19H19NO3S2/c21-17(14-6-8-15(9-7-14)19-24-10-11-25-19)20-16(18(22)23)12-13-4-2-1-3-5-13/h1-9,16,19H,10-12H2,(H,20,21)(H,22,23)/t16-/m0/s1. The first kappa shape index (κ1) is 17.9. The van der Waals surface area contributed by atoms with Gasteiger partial charge in [0.15, 0.2) is 0 Å². The lowest BCUT2D eigenvalue weighted by atomic mass is 10.1. The van der Waals surface area contributed by atoms with E-state index < -0.39 is 12.0 Å². The molecule has 2 aromatic carbocycles. The Hall–Kier alpha value is -1.92. The molecular weight excluding hydrogens is 354 g/mol. The van der Waals surface area contributed by atoms with Gasteiger partial charge in [-0.25, -0.2) is 4.79 Å². The molecule has 1 aliphatic heterocycles. The Kier molecular flexibility index (Phi) is 6.04. The van der Waals surface area contributed by atoms with Crippen LogP contribution in [0.3, 0.4) is 0 Å². The minimum atomic E-state index is -1.03. The molecule has 1 aliphatic rings. The van der Waals surface area contributed by atoms with Crippen LogP contribution in [0.15, 0.2) is 54.6 Å². The minimum absolute atomic E-state index is 0.259. The van der Waals surface area contributed by atoms with Crippen LogP contribution in [0.1, 0.15) is 26.1 Å². The number of aliphatic carboxylic acids is 1. The van der Waals surface area contributed by atoms with Crippen molar-refractivity contribution in [2.75, 3.05) is 11.5 Å². The summed E-state index contributed by atoms with van der Waals surface area (Å²) in [7, 11) is 0. The molecule has 2 aromatic rings. The third-order valence-corrected chi connectivity index (χ3v) is 7.06. The minimum Gasteiger partial charge on any atom is -0.480 e. The van der Waals surface area contributed by atoms with Crippen molar-refractivity contribution in [3.05, 3.63) is 71.3 Å². The molecule has 1 fully saturated rings. The Bertz CT molecular complexity index is 728. The van der Waals surface area contributed by atoms with Crippen LogP contribution >= 0.6 is 23.5 Å². The highest BCUT2D eigenvalue weighted by Crippen LogP contribution is 2.45. The number of benzene rings is 2. The Labute approximate surface area is 155 Å². The number of carboxylic acid groups (broad SMARTS) is 1. The zero-order valence-corrected chi connectivity index (χ0v) is 15.2.